The average molecular weight is 284 g/mol. The second-order valence-electron chi connectivity index (χ2n) is 4.73. The van der Waals surface area contributed by atoms with Gasteiger partial charge in [0, 0.05) is 6.54 Å². The molecule has 0 bridgehead atoms. The van der Waals surface area contributed by atoms with E-state index in [4.69, 9.17) is 16.3 Å². The van der Waals surface area contributed by atoms with Gasteiger partial charge in [-0.25, -0.2) is 0 Å². The molecule has 0 aliphatic rings. The normalized spacial score (nSPS) is 11.2. The fraction of sp³-hybridized carbons (Fsp3) is 0.533. The summed E-state index contributed by atoms with van der Waals surface area (Å²) in [5, 5.41) is 3.18. The summed E-state index contributed by atoms with van der Waals surface area (Å²) in [6, 6.07) is 5.29. The Morgan fingerprint density at radius 3 is 2.47 bits per heavy atom. The van der Waals surface area contributed by atoms with Gasteiger partial charge >= 0.3 is 0 Å². The SMILES string of the molecule is CCNC(=O)c1c(Cl)cccc1OC(C)(CC)CC. The quantitative estimate of drug-likeness (QED) is 0.855. The molecule has 1 aromatic carbocycles. The van der Waals surface area contributed by atoms with Crippen LogP contribution in [0.25, 0.3) is 0 Å². The van der Waals surface area contributed by atoms with Gasteiger partial charge in [-0.2, -0.15) is 0 Å². The molecule has 0 saturated heterocycles. The zero-order valence-electron chi connectivity index (χ0n) is 12.0. The number of halogens is 1. The molecule has 3 nitrogen and oxygen atoms in total. The van der Waals surface area contributed by atoms with Crippen LogP contribution in [0.2, 0.25) is 5.02 Å². The van der Waals surface area contributed by atoms with Crippen LogP contribution < -0.4 is 10.1 Å². The summed E-state index contributed by atoms with van der Waals surface area (Å²) in [5.74, 6) is 0.349. The first-order valence-electron chi connectivity index (χ1n) is 6.73. The van der Waals surface area contributed by atoms with Crippen LogP contribution in [0.15, 0.2) is 18.2 Å². The topological polar surface area (TPSA) is 38.3 Å². The monoisotopic (exact) mass is 283 g/mol. The van der Waals surface area contributed by atoms with E-state index in [1.807, 2.05) is 13.8 Å². The maximum absolute atomic E-state index is 12.1. The molecule has 1 aromatic rings. The fourth-order valence-corrected chi connectivity index (χ4v) is 1.97. The molecule has 0 radical (unpaired) electrons. The predicted octanol–water partition coefficient (Wildman–Crippen LogP) is 4.05. The predicted molar refractivity (Wildman–Crippen MR) is 79.1 cm³/mol. The molecular weight excluding hydrogens is 262 g/mol. The molecule has 19 heavy (non-hydrogen) atoms. The lowest BCUT2D eigenvalue weighted by Crippen LogP contribution is -2.32. The third-order valence-electron chi connectivity index (χ3n) is 3.39. The van der Waals surface area contributed by atoms with E-state index >= 15 is 0 Å². The third kappa shape index (κ3) is 3.87. The van der Waals surface area contributed by atoms with Crippen LogP contribution in [-0.4, -0.2) is 18.1 Å². The highest BCUT2D eigenvalue weighted by molar-refractivity contribution is 6.34. The maximum Gasteiger partial charge on any atom is 0.256 e. The molecule has 0 aliphatic heterocycles. The minimum Gasteiger partial charge on any atom is -0.487 e. The molecule has 0 unspecified atom stereocenters. The van der Waals surface area contributed by atoms with Gasteiger partial charge in [0.05, 0.1) is 10.6 Å². The highest BCUT2D eigenvalue weighted by Crippen LogP contribution is 2.31. The van der Waals surface area contributed by atoms with Gasteiger partial charge in [-0.05, 0) is 38.8 Å². The third-order valence-corrected chi connectivity index (χ3v) is 3.71. The number of benzene rings is 1. The van der Waals surface area contributed by atoms with E-state index in [1.54, 1.807) is 18.2 Å². The van der Waals surface area contributed by atoms with Crippen LogP contribution in [-0.2, 0) is 0 Å². The van der Waals surface area contributed by atoms with E-state index in [-0.39, 0.29) is 11.5 Å². The summed E-state index contributed by atoms with van der Waals surface area (Å²) in [7, 11) is 0. The first-order chi connectivity index (χ1) is 8.97. The molecule has 1 amide bonds. The van der Waals surface area contributed by atoms with Gasteiger partial charge < -0.3 is 10.1 Å². The number of rotatable bonds is 6. The largest absolute Gasteiger partial charge is 0.487 e. The summed E-state index contributed by atoms with van der Waals surface area (Å²) < 4.78 is 6.03. The van der Waals surface area contributed by atoms with Crippen molar-refractivity contribution < 1.29 is 9.53 Å². The standard InChI is InChI=1S/C15H22ClNO2/c1-5-15(4,6-2)19-12-10-8-9-11(16)13(12)14(18)17-7-3/h8-10H,5-7H2,1-4H3,(H,17,18). The van der Waals surface area contributed by atoms with Gasteiger partial charge in [0.15, 0.2) is 0 Å². The van der Waals surface area contributed by atoms with Crippen LogP contribution >= 0.6 is 11.6 Å². The van der Waals surface area contributed by atoms with E-state index in [2.05, 4.69) is 19.2 Å². The Labute approximate surface area is 120 Å². The van der Waals surface area contributed by atoms with Crippen molar-refractivity contribution in [3.8, 4) is 5.75 Å². The second-order valence-corrected chi connectivity index (χ2v) is 5.14. The molecule has 0 aromatic heterocycles. The Kier molecular flexibility index (Phi) is 5.67. The van der Waals surface area contributed by atoms with E-state index < -0.39 is 0 Å². The van der Waals surface area contributed by atoms with Gasteiger partial charge in [0.25, 0.3) is 5.91 Å². The fourth-order valence-electron chi connectivity index (χ4n) is 1.72. The van der Waals surface area contributed by atoms with Crippen molar-refractivity contribution in [1.29, 1.82) is 0 Å². The van der Waals surface area contributed by atoms with Crippen LogP contribution in [0.1, 0.15) is 50.9 Å². The van der Waals surface area contributed by atoms with Crippen molar-refractivity contribution >= 4 is 17.5 Å². The molecule has 0 aliphatic carbocycles. The van der Waals surface area contributed by atoms with Gasteiger partial charge in [0.2, 0.25) is 0 Å². The first-order valence-corrected chi connectivity index (χ1v) is 7.11. The highest BCUT2D eigenvalue weighted by Gasteiger charge is 2.25. The average Bonchev–Trinajstić information content (AvgIpc) is 2.39. The van der Waals surface area contributed by atoms with Crippen molar-refractivity contribution in [2.75, 3.05) is 6.54 Å². The Balaban J connectivity index is 3.14. The molecule has 0 saturated carbocycles. The lowest BCUT2D eigenvalue weighted by atomic mass is 9.99. The van der Waals surface area contributed by atoms with Gasteiger partial charge in [-0.3, -0.25) is 4.79 Å². The molecule has 0 spiro atoms. The Morgan fingerprint density at radius 2 is 1.95 bits per heavy atom. The summed E-state index contributed by atoms with van der Waals surface area (Å²) in [5.41, 5.74) is 0.130. The van der Waals surface area contributed by atoms with E-state index in [0.717, 1.165) is 12.8 Å². The smallest absolute Gasteiger partial charge is 0.256 e. The first kappa shape index (κ1) is 15.8. The van der Waals surface area contributed by atoms with Crippen molar-refractivity contribution in [3.05, 3.63) is 28.8 Å². The Morgan fingerprint density at radius 1 is 1.32 bits per heavy atom. The summed E-state index contributed by atoms with van der Waals surface area (Å²) in [6.45, 7) is 8.61. The van der Waals surface area contributed by atoms with E-state index in [9.17, 15) is 4.79 Å². The Hall–Kier alpha value is -1.22. The summed E-state index contributed by atoms with van der Waals surface area (Å²) >= 11 is 6.13. The number of hydrogen-bond donors (Lipinski definition) is 1. The molecule has 4 heteroatoms. The van der Waals surface area contributed by atoms with Crippen molar-refractivity contribution in [1.82, 2.24) is 5.32 Å². The van der Waals surface area contributed by atoms with Crippen LogP contribution in [0.4, 0.5) is 0 Å². The number of carbonyl (C=O) groups excluding carboxylic acids is 1. The lowest BCUT2D eigenvalue weighted by Gasteiger charge is -2.29. The van der Waals surface area contributed by atoms with Gasteiger partial charge in [-0.15, -0.1) is 0 Å². The minimum atomic E-state index is -0.286. The Bertz CT molecular complexity index is 442. The summed E-state index contributed by atoms with van der Waals surface area (Å²) in [6.07, 6.45) is 1.73. The van der Waals surface area contributed by atoms with Gasteiger partial charge in [-0.1, -0.05) is 31.5 Å². The molecule has 0 atom stereocenters. The molecule has 1 N–H and O–H groups in total. The highest BCUT2D eigenvalue weighted by atomic mass is 35.5. The molecule has 106 valence electrons. The lowest BCUT2D eigenvalue weighted by molar-refractivity contribution is 0.0765. The molecule has 0 heterocycles. The number of amides is 1. The number of hydrogen-bond acceptors (Lipinski definition) is 2. The number of carbonyl (C=O) groups is 1. The second kappa shape index (κ2) is 6.80. The molecule has 0 fully saturated rings. The van der Waals surface area contributed by atoms with E-state index in [1.165, 1.54) is 0 Å². The molecule has 1 rings (SSSR count). The summed E-state index contributed by atoms with van der Waals surface area (Å²) in [4.78, 5) is 12.1. The van der Waals surface area contributed by atoms with Crippen LogP contribution in [0.5, 0.6) is 5.75 Å². The van der Waals surface area contributed by atoms with Crippen molar-refractivity contribution in [2.24, 2.45) is 0 Å². The van der Waals surface area contributed by atoms with Gasteiger partial charge in [0.1, 0.15) is 11.4 Å². The zero-order valence-corrected chi connectivity index (χ0v) is 12.8. The minimum absolute atomic E-state index is 0.197. The molecular formula is C15H22ClNO2. The van der Waals surface area contributed by atoms with Crippen molar-refractivity contribution in [3.63, 3.8) is 0 Å². The van der Waals surface area contributed by atoms with Crippen LogP contribution in [0, 0.1) is 0 Å². The zero-order chi connectivity index (χ0) is 14.5. The van der Waals surface area contributed by atoms with Crippen LogP contribution in [0.3, 0.4) is 0 Å². The van der Waals surface area contributed by atoms with Crippen molar-refractivity contribution in [2.45, 2.75) is 46.1 Å². The number of ether oxygens (including phenoxy) is 1. The maximum atomic E-state index is 12.1. The number of nitrogens with one attached hydrogen (secondary N) is 1. The van der Waals surface area contributed by atoms with E-state index in [0.29, 0.717) is 22.9 Å².